The number of hydrogen-bond acceptors (Lipinski definition) is 0. The van der Waals surface area contributed by atoms with Crippen molar-refractivity contribution >= 4 is 28.8 Å². The zero-order valence-corrected chi connectivity index (χ0v) is 8.66. The van der Waals surface area contributed by atoms with Crippen LogP contribution in [-0.2, 0) is 0 Å². The summed E-state index contributed by atoms with van der Waals surface area (Å²) < 4.78 is 13.0. The summed E-state index contributed by atoms with van der Waals surface area (Å²) in [4.78, 5) is 0. The summed E-state index contributed by atoms with van der Waals surface area (Å²) in [6, 6.07) is 6.23. The average molecular weight is 219 g/mol. The molecule has 13 heavy (non-hydrogen) atoms. The number of benzene rings is 1. The molecular formula is C10H9Cl2F. The Morgan fingerprint density at radius 1 is 1.38 bits per heavy atom. The fourth-order valence-electron chi connectivity index (χ4n) is 1.12. The molecule has 0 nitrogen and oxygen atoms in total. The van der Waals surface area contributed by atoms with E-state index in [1.54, 1.807) is 12.1 Å². The average Bonchev–Trinajstić information content (AvgIpc) is 2.04. The van der Waals surface area contributed by atoms with Crippen LogP contribution in [0.4, 0.5) is 4.39 Å². The molecular weight excluding hydrogens is 210 g/mol. The topological polar surface area (TPSA) is 0 Å². The van der Waals surface area contributed by atoms with Crippen molar-refractivity contribution in [1.29, 1.82) is 0 Å². The molecule has 0 saturated carbocycles. The van der Waals surface area contributed by atoms with Crippen molar-refractivity contribution in [3.05, 3.63) is 40.1 Å². The fourth-order valence-corrected chi connectivity index (χ4v) is 1.61. The first-order valence-corrected chi connectivity index (χ1v) is 4.70. The summed E-state index contributed by atoms with van der Waals surface area (Å²) in [6.07, 6.45) is 0.686. The molecule has 0 amide bonds. The van der Waals surface area contributed by atoms with Crippen LogP contribution in [-0.4, -0.2) is 0 Å². The van der Waals surface area contributed by atoms with Gasteiger partial charge < -0.3 is 0 Å². The van der Waals surface area contributed by atoms with Crippen molar-refractivity contribution in [2.75, 3.05) is 0 Å². The Kier molecular flexibility index (Phi) is 3.76. The number of rotatable bonds is 2. The van der Waals surface area contributed by atoms with Gasteiger partial charge in [0.15, 0.2) is 0 Å². The highest BCUT2D eigenvalue weighted by Crippen LogP contribution is 2.27. The summed E-state index contributed by atoms with van der Waals surface area (Å²) in [5, 5.41) is 0. The van der Waals surface area contributed by atoms with Gasteiger partial charge in [-0.25, -0.2) is 4.39 Å². The van der Waals surface area contributed by atoms with Gasteiger partial charge in [0.05, 0.1) is 0 Å². The minimum Gasteiger partial charge on any atom is -0.207 e. The van der Waals surface area contributed by atoms with E-state index in [0.29, 0.717) is 6.42 Å². The molecule has 1 aromatic rings. The molecule has 3 heteroatoms. The molecule has 1 rings (SSSR count). The van der Waals surface area contributed by atoms with Crippen molar-refractivity contribution in [2.45, 2.75) is 13.3 Å². The lowest BCUT2D eigenvalue weighted by molar-refractivity contribution is 0.627. The van der Waals surface area contributed by atoms with E-state index in [4.69, 9.17) is 23.2 Å². The third-order valence-electron chi connectivity index (χ3n) is 1.75. The summed E-state index contributed by atoms with van der Waals surface area (Å²) >= 11 is 11.3. The second-order valence-corrected chi connectivity index (χ2v) is 3.55. The van der Waals surface area contributed by atoms with Crippen LogP contribution in [0.5, 0.6) is 0 Å². The van der Waals surface area contributed by atoms with E-state index in [0.717, 1.165) is 11.1 Å². The van der Waals surface area contributed by atoms with Crippen molar-refractivity contribution < 1.29 is 4.39 Å². The molecule has 0 spiro atoms. The molecule has 0 fully saturated rings. The molecule has 0 N–H and O–H groups in total. The smallest absolute Gasteiger partial charge is 0.123 e. The summed E-state index contributed by atoms with van der Waals surface area (Å²) in [6.45, 7) is 1.92. The van der Waals surface area contributed by atoms with E-state index in [1.807, 2.05) is 6.92 Å². The van der Waals surface area contributed by atoms with Gasteiger partial charge >= 0.3 is 0 Å². The zero-order valence-electron chi connectivity index (χ0n) is 7.15. The predicted molar refractivity (Wildman–Crippen MR) is 55.3 cm³/mol. The Morgan fingerprint density at radius 2 is 2.08 bits per heavy atom. The van der Waals surface area contributed by atoms with Gasteiger partial charge in [0.25, 0.3) is 0 Å². The van der Waals surface area contributed by atoms with Gasteiger partial charge in [-0.3, -0.25) is 0 Å². The van der Waals surface area contributed by atoms with Gasteiger partial charge in [0.1, 0.15) is 10.3 Å². The van der Waals surface area contributed by atoms with E-state index >= 15 is 0 Å². The summed E-state index contributed by atoms with van der Waals surface area (Å²) in [5.74, 6) is -0.280. The van der Waals surface area contributed by atoms with E-state index in [9.17, 15) is 4.39 Å². The van der Waals surface area contributed by atoms with Crippen molar-refractivity contribution in [1.82, 2.24) is 0 Å². The second kappa shape index (κ2) is 4.64. The molecule has 0 saturated heterocycles. The first kappa shape index (κ1) is 10.6. The van der Waals surface area contributed by atoms with Crippen LogP contribution in [0.3, 0.4) is 0 Å². The quantitative estimate of drug-likeness (QED) is 0.692. The number of hydrogen-bond donors (Lipinski definition) is 0. The number of halogens is 3. The predicted octanol–water partition coefficient (Wildman–Crippen LogP) is 4.38. The lowest BCUT2D eigenvalue weighted by Gasteiger charge is -2.04. The maximum atomic E-state index is 12.8. The maximum Gasteiger partial charge on any atom is 0.123 e. The number of allylic oxidation sites excluding steroid dienone is 1. The third-order valence-corrected chi connectivity index (χ3v) is 2.21. The highest BCUT2D eigenvalue weighted by molar-refractivity contribution is 6.58. The lowest BCUT2D eigenvalue weighted by Crippen LogP contribution is -1.85. The van der Waals surface area contributed by atoms with Gasteiger partial charge in [0.2, 0.25) is 0 Å². The van der Waals surface area contributed by atoms with Gasteiger partial charge in [-0.1, -0.05) is 42.3 Å². The minimum absolute atomic E-state index is 0.202. The van der Waals surface area contributed by atoms with Crippen LogP contribution >= 0.6 is 23.2 Å². The van der Waals surface area contributed by atoms with Crippen LogP contribution in [0.25, 0.3) is 5.57 Å². The maximum absolute atomic E-state index is 12.8. The molecule has 1 aromatic carbocycles. The van der Waals surface area contributed by atoms with E-state index in [1.165, 1.54) is 12.1 Å². The summed E-state index contributed by atoms with van der Waals surface area (Å²) in [5.41, 5.74) is 1.50. The van der Waals surface area contributed by atoms with Crippen molar-refractivity contribution in [2.24, 2.45) is 0 Å². The molecule has 0 unspecified atom stereocenters. The Balaban J connectivity index is 3.14. The molecule has 0 heterocycles. The second-order valence-electron chi connectivity index (χ2n) is 2.60. The molecule has 70 valence electrons. The third kappa shape index (κ3) is 2.71. The fraction of sp³-hybridized carbons (Fsp3) is 0.200. The molecule has 0 bridgehead atoms. The van der Waals surface area contributed by atoms with Crippen LogP contribution in [0.2, 0.25) is 0 Å². The molecule has 0 aliphatic carbocycles. The van der Waals surface area contributed by atoms with Gasteiger partial charge in [0, 0.05) is 0 Å². The Labute approximate surface area is 87.0 Å². The Morgan fingerprint density at radius 3 is 2.54 bits per heavy atom. The van der Waals surface area contributed by atoms with Crippen LogP contribution < -0.4 is 0 Å². The van der Waals surface area contributed by atoms with Crippen LogP contribution in [0.15, 0.2) is 28.8 Å². The molecule has 0 aromatic heterocycles. The molecule has 0 aliphatic rings. The van der Waals surface area contributed by atoms with Gasteiger partial charge in [-0.05, 0) is 29.7 Å². The molecule has 0 radical (unpaired) electrons. The van der Waals surface area contributed by atoms with E-state index < -0.39 is 0 Å². The largest absolute Gasteiger partial charge is 0.207 e. The minimum atomic E-state index is -0.280. The normalized spacial score (nSPS) is 9.85. The van der Waals surface area contributed by atoms with E-state index in [-0.39, 0.29) is 10.3 Å². The van der Waals surface area contributed by atoms with E-state index in [2.05, 4.69) is 0 Å². The first-order chi connectivity index (χ1) is 6.15. The highest BCUT2D eigenvalue weighted by atomic mass is 35.5. The summed E-state index contributed by atoms with van der Waals surface area (Å²) in [7, 11) is 0. The first-order valence-electron chi connectivity index (χ1n) is 3.95. The Hall–Kier alpha value is -0.530. The van der Waals surface area contributed by atoms with Crippen molar-refractivity contribution in [3.63, 3.8) is 0 Å². The SMILES string of the molecule is CCC(=C(Cl)Cl)c1cccc(F)c1. The van der Waals surface area contributed by atoms with Gasteiger partial charge in [-0.15, -0.1) is 0 Å². The van der Waals surface area contributed by atoms with Crippen LogP contribution in [0.1, 0.15) is 18.9 Å². The standard InChI is InChI=1S/C10H9Cl2F/c1-2-9(10(11)12)7-4-3-5-8(13)6-7/h3-6H,2H2,1H3. The highest BCUT2D eigenvalue weighted by Gasteiger charge is 2.04. The zero-order chi connectivity index (χ0) is 9.84. The van der Waals surface area contributed by atoms with Crippen LogP contribution in [0, 0.1) is 5.82 Å². The monoisotopic (exact) mass is 218 g/mol. The molecule has 0 atom stereocenters. The van der Waals surface area contributed by atoms with Gasteiger partial charge in [-0.2, -0.15) is 0 Å². The Bertz CT molecular complexity index is 327. The van der Waals surface area contributed by atoms with Crippen molar-refractivity contribution in [3.8, 4) is 0 Å². The lowest BCUT2D eigenvalue weighted by atomic mass is 10.1. The molecule has 0 aliphatic heterocycles.